The second-order valence-electron chi connectivity index (χ2n) is 1.86. The van der Waals surface area contributed by atoms with E-state index in [4.69, 9.17) is 0 Å². The van der Waals surface area contributed by atoms with Crippen LogP contribution in [0.2, 0.25) is 0 Å². The molecule has 3 nitrogen and oxygen atoms in total. The van der Waals surface area contributed by atoms with E-state index in [0.717, 1.165) is 0 Å². The number of nitrogens with zero attached hydrogens (tertiary/aromatic N) is 1. The lowest BCUT2D eigenvalue weighted by Gasteiger charge is -1.93. The summed E-state index contributed by atoms with van der Waals surface area (Å²) in [4.78, 5) is 15.1. The summed E-state index contributed by atoms with van der Waals surface area (Å²) >= 11 is 0. The molecule has 56 valence electrons. The molecule has 0 unspecified atom stereocenters. The predicted molar refractivity (Wildman–Crippen MR) is 39.9 cm³/mol. The zero-order valence-corrected chi connectivity index (χ0v) is 6.26. The third kappa shape index (κ3) is 3.83. The molecular weight excluding hydrogens is 130 g/mol. The van der Waals surface area contributed by atoms with Crippen molar-refractivity contribution >= 4 is 11.5 Å². The van der Waals surface area contributed by atoms with Crippen LogP contribution in [0, 0.1) is 0 Å². The Morgan fingerprint density at radius 1 is 1.80 bits per heavy atom. The summed E-state index contributed by atoms with van der Waals surface area (Å²) in [6.07, 6.45) is 1.56. The number of carbonyl (C=O) groups is 1. The van der Waals surface area contributed by atoms with Crippen molar-refractivity contribution in [3.8, 4) is 0 Å². The summed E-state index contributed by atoms with van der Waals surface area (Å²) in [7, 11) is 1.45. The molecule has 0 aromatic rings. The molecule has 0 rings (SSSR count). The first-order valence-electron chi connectivity index (χ1n) is 2.92. The van der Waals surface area contributed by atoms with Crippen LogP contribution >= 0.6 is 0 Å². The topological polar surface area (TPSA) is 38.7 Å². The molecule has 0 aliphatic rings. The second-order valence-corrected chi connectivity index (χ2v) is 1.86. The Morgan fingerprint density at radius 3 is 2.80 bits per heavy atom. The first-order chi connectivity index (χ1) is 4.70. The average Bonchev–Trinajstić information content (AvgIpc) is 1.88. The number of carbonyl (C=O) groups excluding carboxylic acids is 1. The molecule has 0 bridgehead atoms. The van der Waals surface area contributed by atoms with Gasteiger partial charge in [-0.1, -0.05) is 11.7 Å². The Morgan fingerprint density at radius 2 is 2.40 bits per heavy atom. The minimum Gasteiger partial charge on any atom is -0.399 e. The normalized spacial score (nSPS) is 10.8. The van der Waals surface area contributed by atoms with Crippen LogP contribution < -0.4 is 0 Å². The minimum atomic E-state index is -0.0432. The highest BCUT2D eigenvalue weighted by molar-refractivity contribution is 6.05. The van der Waals surface area contributed by atoms with Crippen molar-refractivity contribution in [2.45, 2.75) is 13.3 Å². The van der Waals surface area contributed by atoms with Crippen LogP contribution in [0.25, 0.3) is 0 Å². The number of oxime groups is 1. The fourth-order valence-electron chi connectivity index (χ4n) is 0.512. The van der Waals surface area contributed by atoms with E-state index in [-0.39, 0.29) is 12.2 Å². The van der Waals surface area contributed by atoms with E-state index in [1.165, 1.54) is 13.2 Å². The molecule has 0 radical (unpaired) electrons. The van der Waals surface area contributed by atoms with Crippen molar-refractivity contribution in [2.75, 3.05) is 7.11 Å². The average molecular weight is 141 g/mol. The molecule has 0 aromatic carbocycles. The molecule has 0 spiro atoms. The molecule has 0 aliphatic carbocycles. The number of hydrogen-bond acceptors (Lipinski definition) is 3. The highest BCUT2D eigenvalue weighted by atomic mass is 16.6. The molecule has 0 amide bonds. The first-order valence-corrected chi connectivity index (χ1v) is 2.92. The number of allylic oxidation sites excluding steroid dienone is 1. The largest absolute Gasteiger partial charge is 0.399 e. The van der Waals surface area contributed by atoms with E-state index >= 15 is 0 Å². The van der Waals surface area contributed by atoms with Crippen molar-refractivity contribution in [3.63, 3.8) is 0 Å². The molecule has 3 heteroatoms. The van der Waals surface area contributed by atoms with Crippen LogP contribution in [0.3, 0.4) is 0 Å². The van der Waals surface area contributed by atoms with Gasteiger partial charge in [0.05, 0.1) is 12.1 Å². The van der Waals surface area contributed by atoms with Gasteiger partial charge in [0.1, 0.15) is 7.11 Å². The molecule has 0 fully saturated rings. The Labute approximate surface area is 60.4 Å². The van der Waals surface area contributed by atoms with E-state index < -0.39 is 0 Å². The SMILES string of the molecule is C=CC(=O)C/C(C)=N/OC. The van der Waals surface area contributed by atoms with Crippen LogP contribution in [0.5, 0.6) is 0 Å². The lowest BCUT2D eigenvalue weighted by atomic mass is 10.2. The Bertz CT molecular complexity index is 161. The van der Waals surface area contributed by atoms with E-state index in [2.05, 4.69) is 16.6 Å². The van der Waals surface area contributed by atoms with E-state index in [1.54, 1.807) is 6.92 Å². The third-order valence-electron chi connectivity index (χ3n) is 0.905. The summed E-state index contributed by atoms with van der Waals surface area (Å²) < 4.78 is 0. The molecule has 0 aliphatic heterocycles. The first kappa shape index (κ1) is 8.88. The van der Waals surface area contributed by atoms with Gasteiger partial charge >= 0.3 is 0 Å². The van der Waals surface area contributed by atoms with Gasteiger partial charge < -0.3 is 4.84 Å². The quantitative estimate of drug-likeness (QED) is 0.334. The lowest BCUT2D eigenvalue weighted by molar-refractivity contribution is -0.113. The molecule has 0 saturated carbocycles. The maximum absolute atomic E-state index is 10.6. The fourth-order valence-corrected chi connectivity index (χ4v) is 0.512. The Kier molecular flexibility index (Phi) is 4.20. The molecule has 0 N–H and O–H groups in total. The highest BCUT2D eigenvalue weighted by Crippen LogP contribution is 1.89. The summed E-state index contributed by atoms with van der Waals surface area (Å²) in [6.45, 7) is 5.06. The van der Waals surface area contributed by atoms with Gasteiger partial charge in [-0.25, -0.2) is 0 Å². The molecule has 0 heterocycles. The number of rotatable bonds is 4. The van der Waals surface area contributed by atoms with Crippen LogP contribution in [0.4, 0.5) is 0 Å². The van der Waals surface area contributed by atoms with Crippen LogP contribution in [-0.2, 0) is 9.63 Å². The van der Waals surface area contributed by atoms with E-state index in [0.29, 0.717) is 5.71 Å². The van der Waals surface area contributed by atoms with Crippen molar-refractivity contribution in [1.29, 1.82) is 0 Å². The monoisotopic (exact) mass is 141 g/mol. The zero-order chi connectivity index (χ0) is 7.98. The van der Waals surface area contributed by atoms with Crippen molar-refractivity contribution < 1.29 is 9.63 Å². The minimum absolute atomic E-state index is 0.0432. The van der Waals surface area contributed by atoms with Gasteiger partial charge in [-0.15, -0.1) is 0 Å². The third-order valence-corrected chi connectivity index (χ3v) is 0.905. The standard InChI is InChI=1S/C7H11NO2/c1-4-7(9)5-6(2)8-10-3/h4H,1,5H2,2-3H3/b8-6+. The van der Waals surface area contributed by atoms with Crippen LogP contribution in [0.15, 0.2) is 17.8 Å². The van der Waals surface area contributed by atoms with Gasteiger partial charge in [0.2, 0.25) is 0 Å². The van der Waals surface area contributed by atoms with Crippen molar-refractivity contribution in [1.82, 2.24) is 0 Å². The Balaban J connectivity index is 3.78. The zero-order valence-electron chi connectivity index (χ0n) is 6.26. The molecule has 0 aromatic heterocycles. The van der Waals surface area contributed by atoms with E-state index in [1.807, 2.05) is 0 Å². The Hall–Kier alpha value is -1.12. The second kappa shape index (κ2) is 4.73. The number of hydrogen-bond donors (Lipinski definition) is 0. The van der Waals surface area contributed by atoms with Gasteiger partial charge in [-0.05, 0) is 13.0 Å². The maximum atomic E-state index is 10.6. The summed E-state index contributed by atoms with van der Waals surface area (Å²) in [6, 6.07) is 0. The summed E-state index contributed by atoms with van der Waals surface area (Å²) in [5.74, 6) is -0.0432. The maximum Gasteiger partial charge on any atom is 0.160 e. The van der Waals surface area contributed by atoms with Gasteiger partial charge in [-0.2, -0.15) is 0 Å². The molecular formula is C7H11NO2. The fraction of sp³-hybridized carbons (Fsp3) is 0.429. The molecule has 0 saturated heterocycles. The molecule has 0 atom stereocenters. The van der Waals surface area contributed by atoms with Crippen molar-refractivity contribution in [2.24, 2.45) is 5.16 Å². The molecule has 10 heavy (non-hydrogen) atoms. The lowest BCUT2D eigenvalue weighted by Crippen LogP contribution is -2.00. The van der Waals surface area contributed by atoms with Crippen LogP contribution in [-0.4, -0.2) is 18.6 Å². The van der Waals surface area contributed by atoms with Gasteiger partial charge in [0.25, 0.3) is 0 Å². The summed E-state index contributed by atoms with van der Waals surface area (Å²) in [5, 5.41) is 3.56. The van der Waals surface area contributed by atoms with Gasteiger partial charge in [0.15, 0.2) is 5.78 Å². The van der Waals surface area contributed by atoms with Gasteiger partial charge in [-0.3, -0.25) is 4.79 Å². The van der Waals surface area contributed by atoms with Gasteiger partial charge in [0, 0.05) is 0 Å². The summed E-state index contributed by atoms with van der Waals surface area (Å²) in [5.41, 5.74) is 0.660. The highest BCUT2D eigenvalue weighted by Gasteiger charge is 1.97. The number of ketones is 1. The van der Waals surface area contributed by atoms with Crippen molar-refractivity contribution in [3.05, 3.63) is 12.7 Å². The smallest absolute Gasteiger partial charge is 0.160 e. The predicted octanol–water partition coefficient (Wildman–Crippen LogP) is 1.15. The van der Waals surface area contributed by atoms with E-state index in [9.17, 15) is 4.79 Å². The van der Waals surface area contributed by atoms with Crippen LogP contribution in [0.1, 0.15) is 13.3 Å².